The van der Waals surface area contributed by atoms with Gasteiger partial charge in [-0.25, -0.2) is 0 Å². The zero-order valence-corrected chi connectivity index (χ0v) is 11.9. The van der Waals surface area contributed by atoms with Crippen LogP contribution in [0, 0.1) is 0 Å². The van der Waals surface area contributed by atoms with Gasteiger partial charge in [-0.1, -0.05) is 46.3 Å². The predicted octanol–water partition coefficient (Wildman–Crippen LogP) is 3.50. The van der Waals surface area contributed by atoms with Crippen LogP contribution in [-0.2, 0) is 14.2 Å². The molecule has 1 aromatic carbocycles. The van der Waals surface area contributed by atoms with Crippen LogP contribution in [0.4, 0.5) is 0 Å². The molecule has 0 aromatic heterocycles. The molecule has 1 aromatic rings. The van der Waals surface area contributed by atoms with E-state index in [1.807, 2.05) is 44.2 Å². The van der Waals surface area contributed by atoms with Gasteiger partial charge in [0.1, 0.15) is 5.01 Å². The molecule has 0 amide bonds. The van der Waals surface area contributed by atoms with Crippen LogP contribution in [-0.4, -0.2) is 26.1 Å². The molecule has 0 spiro atoms. The molecule has 0 aliphatic rings. The van der Waals surface area contributed by atoms with Gasteiger partial charge in [-0.05, 0) is 19.4 Å². The summed E-state index contributed by atoms with van der Waals surface area (Å²) in [6.45, 7) is 5.52. The third kappa shape index (κ3) is 5.64. The Morgan fingerprint density at radius 3 is 2.12 bits per heavy atom. The van der Waals surface area contributed by atoms with Crippen molar-refractivity contribution < 1.29 is 14.2 Å². The Bertz CT molecular complexity index is 286. The van der Waals surface area contributed by atoms with E-state index in [4.69, 9.17) is 14.2 Å². The Hall–Kier alpha value is -0.420. The lowest BCUT2D eigenvalue weighted by atomic mass is 10.2. The van der Waals surface area contributed by atoms with Crippen LogP contribution in [0.5, 0.6) is 0 Å². The van der Waals surface area contributed by atoms with E-state index in [9.17, 15) is 0 Å². The Labute approximate surface area is 111 Å². The van der Waals surface area contributed by atoms with E-state index in [0.29, 0.717) is 19.8 Å². The zero-order chi connectivity index (χ0) is 12.5. The van der Waals surface area contributed by atoms with Gasteiger partial charge in [-0.2, -0.15) is 0 Å². The molecule has 1 unspecified atom stereocenters. The molecule has 0 heterocycles. The van der Waals surface area contributed by atoms with Gasteiger partial charge in [-0.15, -0.1) is 0 Å². The molecule has 4 heteroatoms. The summed E-state index contributed by atoms with van der Waals surface area (Å²) in [7, 11) is 0. The Kier molecular flexibility index (Phi) is 7.44. The average Bonchev–Trinajstić information content (AvgIpc) is 2.37. The van der Waals surface area contributed by atoms with Crippen LogP contribution in [0.1, 0.15) is 24.4 Å². The van der Waals surface area contributed by atoms with Crippen molar-refractivity contribution in [3.8, 4) is 0 Å². The van der Waals surface area contributed by atoms with Gasteiger partial charge in [-0.3, -0.25) is 0 Å². The highest BCUT2D eigenvalue weighted by molar-refractivity contribution is 9.09. The van der Waals surface area contributed by atoms with Gasteiger partial charge in [0.25, 0.3) is 0 Å². The third-order valence-corrected chi connectivity index (χ3v) is 2.94. The lowest BCUT2D eigenvalue weighted by Gasteiger charge is -2.19. The number of hydrogen-bond acceptors (Lipinski definition) is 3. The molecule has 0 aliphatic heterocycles. The van der Waals surface area contributed by atoms with Gasteiger partial charge in [0.05, 0.1) is 6.61 Å². The van der Waals surface area contributed by atoms with Gasteiger partial charge in [0, 0.05) is 13.2 Å². The molecule has 0 saturated heterocycles. The second kappa shape index (κ2) is 8.64. The Morgan fingerprint density at radius 1 is 1.00 bits per heavy atom. The molecule has 0 fully saturated rings. The van der Waals surface area contributed by atoms with Gasteiger partial charge >= 0.3 is 0 Å². The monoisotopic (exact) mass is 302 g/mol. The maximum atomic E-state index is 5.66. The summed E-state index contributed by atoms with van der Waals surface area (Å²) >= 11 is 3.48. The summed E-state index contributed by atoms with van der Waals surface area (Å²) in [5.74, 6) is 0. The lowest BCUT2D eigenvalue weighted by Crippen LogP contribution is -2.23. The normalized spacial score (nSPS) is 12.9. The van der Waals surface area contributed by atoms with Crippen LogP contribution < -0.4 is 0 Å². The third-order valence-electron chi connectivity index (χ3n) is 2.15. The molecule has 0 aliphatic carbocycles. The van der Waals surface area contributed by atoms with E-state index in [1.165, 1.54) is 0 Å². The van der Waals surface area contributed by atoms with E-state index >= 15 is 0 Å². The first kappa shape index (κ1) is 14.6. The maximum Gasteiger partial charge on any atom is 0.180 e. The summed E-state index contributed by atoms with van der Waals surface area (Å²) < 4.78 is 16.5. The molecule has 0 saturated carbocycles. The van der Waals surface area contributed by atoms with Gasteiger partial charge in [0.15, 0.2) is 6.29 Å². The van der Waals surface area contributed by atoms with Crippen molar-refractivity contribution in [1.29, 1.82) is 0 Å². The summed E-state index contributed by atoms with van der Waals surface area (Å²) in [6.07, 6.45) is -0.297. The SMILES string of the molecule is CCOC(COC(Br)c1ccccc1)OCC. The average molecular weight is 303 g/mol. The number of rotatable bonds is 8. The number of hydrogen-bond donors (Lipinski definition) is 0. The van der Waals surface area contributed by atoms with Gasteiger partial charge < -0.3 is 14.2 Å². The number of ether oxygens (including phenoxy) is 3. The summed E-state index contributed by atoms with van der Waals surface area (Å²) in [6, 6.07) is 9.96. The van der Waals surface area contributed by atoms with Crippen LogP contribution in [0.15, 0.2) is 30.3 Å². The predicted molar refractivity (Wildman–Crippen MR) is 71.1 cm³/mol. The van der Waals surface area contributed by atoms with Crippen molar-refractivity contribution in [3.63, 3.8) is 0 Å². The Balaban J connectivity index is 2.38. The minimum absolute atomic E-state index is 0.132. The largest absolute Gasteiger partial charge is 0.357 e. The first-order chi connectivity index (χ1) is 8.27. The van der Waals surface area contributed by atoms with Crippen molar-refractivity contribution in [1.82, 2.24) is 0 Å². The van der Waals surface area contributed by atoms with Crippen molar-refractivity contribution in [2.24, 2.45) is 0 Å². The number of halogens is 1. The van der Waals surface area contributed by atoms with Crippen molar-refractivity contribution >= 4 is 15.9 Å². The van der Waals surface area contributed by atoms with Crippen LogP contribution in [0.25, 0.3) is 0 Å². The second-order valence-electron chi connectivity index (χ2n) is 3.40. The van der Waals surface area contributed by atoms with Crippen LogP contribution in [0.2, 0.25) is 0 Å². The van der Waals surface area contributed by atoms with Crippen molar-refractivity contribution in [2.75, 3.05) is 19.8 Å². The summed E-state index contributed by atoms with van der Waals surface area (Å²) in [5.41, 5.74) is 1.08. The summed E-state index contributed by atoms with van der Waals surface area (Å²) in [4.78, 5) is 0. The molecule has 17 heavy (non-hydrogen) atoms. The fourth-order valence-electron chi connectivity index (χ4n) is 1.38. The minimum atomic E-state index is -0.297. The van der Waals surface area contributed by atoms with Gasteiger partial charge in [0.2, 0.25) is 0 Å². The summed E-state index contributed by atoms with van der Waals surface area (Å²) in [5, 5.41) is -0.132. The first-order valence-electron chi connectivity index (χ1n) is 5.81. The van der Waals surface area contributed by atoms with E-state index in [0.717, 1.165) is 5.56 Å². The van der Waals surface area contributed by atoms with Crippen LogP contribution in [0.3, 0.4) is 0 Å². The minimum Gasteiger partial charge on any atom is -0.357 e. The quantitative estimate of drug-likeness (QED) is 0.543. The molecule has 1 rings (SSSR count). The molecule has 1 atom stereocenters. The second-order valence-corrected chi connectivity index (χ2v) is 4.23. The number of benzene rings is 1. The molecule has 0 radical (unpaired) electrons. The van der Waals surface area contributed by atoms with E-state index in [2.05, 4.69) is 15.9 Å². The lowest BCUT2D eigenvalue weighted by molar-refractivity contribution is -0.169. The highest BCUT2D eigenvalue weighted by Gasteiger charge is 2.12. The van der Waals surface area contributed by atoms with E-state index < -0.39 is 0 Å². The molecular formula is C13H19BrO3. The fourth-order valence-corrected chi connectivity index (χ4v) is 1.84. The van der Waals surface area contributed by atoms with Crippen LogP contribution >= 0.6 is 15.9 Å². The van der Waals surface area contributed by atoms with E-state index in [-0.39, 0.29) is 11.3 Å². The molecule has 3 nitrogen and oxygen atoms in total. The smallest absolute Gasteiger partial charge is 0.180 e. The molecule has 0 N–H and O–H groups in total. The first-order valence-corrected chi connectivity index (χ1v) is 6.73. The van der Waals surface area contributed by atoms with E-state index in [1.54, 1.807) is 0 Å². The maximum absolute atomic E-state index is 5.66. The van der Waals surface area contributed by atoms with Crippen molar-refractivity contribution in [2.45, 2.75) is 25.2 Å². The highest BCUT2D eigenvalue weighted by atomic mass is 79.9. The topological polar surface area (TPSA) is 27.7 Å². The fraction of sp³-hybridized carbons (Fsp3) is 0.538. The standard InChI is InChI=1S/C13H19BrO3/c1-3-15-12(16-4-2)10-17-13(14)11-8-6-5-7-9-11/h5-9,12-13H,3-4,10H2,1-2H3. The Morgan fingerprint density at radius 2 is 1.59 bits per heavy atom. The number of alkyl halides is 1. The molecule has 96 valence electrons. The van der Waals surface area contributed by atoms with Crippen molar-refractivity contribution in [3.05, 3.63) is 35.9 Å². The molecule has 0 bridgehead atoms. The highest BCUT2D eigenvalue weighted by Crippen LogP contribution is 2.23. The zero-order valence-electron chi connectivity index (χ0n) is 10.3. The molecular weight excluding hydrogens is 284 g/mol.